The maximum atomic E-state index is 8.76. The van der Waals surface area contributed by atoms with Crippen LogP contribution in [-0.4, -0.2) is 20.2 Å². The van der Waals surface area contributed by atoms with Gasteiger partial charge >= 0.3 is 0 Å². The van der Waals surface area contributed by atoms with Crippen LogP contribution in [0.15, 0.2) is 60.8 Å². The molecule has 0 spiro atoms. The Balaban J connectivity index is 1.67. The quantitative estimate of drug-likeness (QED) is 0.509. The molecule has 0 aliphatic heterocycles. The number of aromatic nitrogens is 4. The summed E-state index contributed by atoms with van der Waals surface area (Å²) in [5, 5.41) is 22.9. The van der Waals surface area contributed by atoms with Crippen molar-refractivity contribution < 1.29 is 0 Å². The fourth-order valence-corrected chi connectivity index (χ4v) is 2.61. The number of nitrogens with zero attached hydrogens (tertiary/aromatic N) is 4. The molecule has 0 radical (unpaired) electrons. The van der Waals surface area contributed by atoms with Crippen molar-refractivity contribution in [1.82, 2.24) is 20.2 Å². The predicted octanol–water partition coefficient (Wildman–Crippen LogP) is 3.91. The van der Waals surface area contributed by atoms with Crippen molar-refractivity contribution >= 4 is 34.2 Å². The van der Waals surface area contributed by atoms with Crippen molar-refractivity contribution in [2.24, 2.45) is 0 Å². The highest BCUT2D eigenvalue weighted by Gasteiger charge is 2.09. The Morgan fingerprint density at radius 1 is 0.962 bits per heavy atom. The molecule has 2 aromatic heterocycles. The van der Waals surface area contributed by atoms with Gasteiger partial charge in [0.2, 0.25) is 5.95 Å². The molecule has 2 heterocycles. The molecular weight excluding hydrogens is 326 g/mol. The fraction of sp³-hybridized carbons (Fsp3) is 0.0526. The summed E-state index contributed by atoms with van der Waals surface area (Å²) in [4.78, 5) is 9.18. The number of nitriles is 1. The maximum Gasteiger partial charge on any atom is 0.229 e. The summed E-state index contributed by atoms with van der Waals surface area (Å²) >= 11 is 0. The van der Waals surface area contributed by atoms with Gasteiger partial charge in [-0.3, -0.25) is 5.10 Å². The van der Waals surface area contributed by atoms with Gasteiger partial charge in [-0.1, -0.05) is 24.3 Å². The van der Waals surface area contributed by atoms with Gasteiger partial charge in [-0.25, -0.2) is 4.98 Å². The number of benzene rings is 2. The second-order valence-corrected chi connectivity index (χ2v) is 5.67. The van der Waals surface area contributed by atoms with Crippen molar-refractivity contribution in [3.05, 3.63) is 66.4 Å². The van der Waals surface area contributed by atoms with Crippen molar-refractivity contribution in [3.8, 4) is 6.07 Å². The molecule has 0 atom stereocenters. The molecule has 126 valence electrons. The Labute approximate surface area is 149 Å². The van der Waals surface area contributed by atoms with Gasteiger partial charge in [-0.2, -0.15) is 15.3 Å². The molecule has 26 heavy (non-hydrogen) atoms. The van der Waals surface area contributed by atoms with E-state index in [0.29, 0.717) is 18.2 Å². The Hall–Kier alpha value is -3.92. The van der Waals surface area contributed by atoms with Gasteiger partial charge in [0, 0.05) is 17.1 Å². The van der Waals surface area contributed by atoms with Gasteiger partial charge in [-0.05, 0) is 29.8 Å². The first-order valence-electron chi connectivity index (χ1n) is 8.08. The number of aromatic amines is 1. The van der Waals surface area contributed by atoms with Crippen LogP contribution in [0, 0.1) is 11.3 Å². The van der Waals surface area contributed by atoms with Crippen LogP contribution in [0.1, 0.15) is 5.56 Å². The summed E-state index contributed by atoms with van der Waals surface area (Å²) in [6, 6.07) is 19.4. The van der Waals surface area contributed by atoms with Crippen LogP contribution >= 0.6 is 0 Å². The van der Waals surface area contributed by atoms with Crippen LogP contribution in [0.2, 0.25) is 0 Å². The van der Waals surface area contributed by atoms with Gasteiger partial charge < -0.3 is 10.6 Å². The number of rotatable bonds is 5. The molecule has 0 fully saturated rings. The third-order valence-corrected chi connectivity index (χ3v) is 3.85. The van der Waals surface area contributed by atoms with E-state index in [2.05, 4.69) is 36.9 Å². The zero-order chi connectivity index (χ0) is 17.8. The van der Waals surface area contributed by atoms with Gasteiger partial charge in [0.05, 0.1) is 24.2 Å². The van der Waals surface area contributed by atoms with Gasteiger partial charge in [-0.15, -0.1) is 0 Å². The number of anilines is 4. The van der Waals surface area contributed by atoms with Gasteiger partial charge in [0.25, 0.3) is 0 Å². The first-order valence-corrected chi connectivity index (χ1v) is 8.08. The lowest BCUT2D eigenvalue weighted by molar-refractivity contribution is 1.09. The van der Waals surface area contributed by atoms with E-state index in [1.165, 1.54) is 0 Å². The standard InChI is InChI=1S/C19H15N7/c20-11-9-13-5-7-14(8-6-13)22-19-23-16-4-2-1-3-15(16)18(25-19)24-17-10-12-21-26-17/h1-8,10,12H,9H2,(H3,21,22,23,24,25,26). The molecule has 0 aliphatic carbocycles. The number of H-pyrrole nitrogens is 1. The molecule has 7 heteroatoms. The highest BCUT2D eigenvalue weighted by atomic mass is 15.2. The van der Waals surface area contributed by atoms with Crippen molar-refractivity contribution in [1.29, 1.82) is 5.26 Å². The minimum atomic E-state index is 0.394. The van der Waals surface area contributed by atoms with Crippen molar-refractivity contribution in [2.75, 3.05) is 10.6 Å². The zero-order valence-corrected chi connectivity index (χ0v) is 13.8. The summed E-state index contributed by atoms with van der Waals surface area (Å²) in [5.74, 6) is 1.92. The number of nitrogens with one attached hydrogen (secondary N) is 3. The molecule has 0 amide bonds. The lowest BCUT2D eigenvalue weighted by atomic mass is 10.1. The number of para-hydroxylation sites is 1. The second kappa shape index (κ2) is 6.91. The average Bonchev–Trinajstić information content (AvgIpc) is 3.17. The Morgan fingerprint density at radius 2 is 1.81 bits per heavy atom. The molecule has 2 aromatic carbocycles. The highest BCUT2D eigenvalue weighted by Crippen LogP contribution is 2.25. The van der Waals surface area contributed by atoms with E-state index < -0.39 is 0 Å². The van der Waals surface area contributed by atoms with Crippen molar-refractivity contribution in [2.45, 2.75) is 6.42 Å². The van der Waals surface area contributed by atoms with Crippen LogP contribution < -0.4 is 10.6 Å². The minimum Gasteiger partial charge on any atom is -0.325 e. The normalized spacial score (nSPS) is 10.4. The molecular formula is C19H15N7. The second-order valence-electron chi connectivity index (χ2n) is 5.67. The highest BCUT2D eigenvalue weighted by molar-refractivity contribution is 5.91. The minimum absolute atomic E-state index is 0.394. The van der Waals surface area contributed by atoms with Crippen LogP contribution in [0.4, 0.5) is 23.3 Å². The van der Waals surface area contributed by atoms with E-state index in [1.807, 2.05) is 54.6 Å². The van der Waals surface area contributed by atoms with E-state index in [0.717, 1.165) is 28.0 Å². The molecule has 0 bridgehead atoms. The largest absolute Gasteiger partial charge is 0.325 e. The molecule has 4 aromatic rings. The third-order valence-electron chi connectivity index (χ3n) is 3.85. The maximum absolute atomic E-state index is 8.76. The van der Waals surface area contributed by atoms with Crippen LogP contribution in [0.3, 0.4) is 0 Å². The Morgan fingerprint density at radius 3 is 2.58 bits per heavy atom. The van der Waals surface area contributed by atoms with Crippen molar-refractivity contribution in [3.63, 3.8) is 0 Å². The smallest absolute Gasteiger partial charge is 0.229 e. The Kier molecular flexibility index (Phi) is 4.14. The topological polar surface area (TPSA) is 102 Å². The molecule has 7 nitrogen and oxygen atoms in total. The van der Waals surface area contributed by atoms with E-state index in [4.69, 9.17) is 5.26 Å². The van der Waals surface area contributed by atoms with E-state index >= 15 is 0 Å². The monoisotopic (exact) mass is 341 g/mol. The SMILES string of the molecule is N#CCc1ccc(Nc2nc(Nc3ccn[nH]3)c3ccccc3n2)cc1. The summed E-state index contributed by atoms with van der Waals surface area (Å²) in [5.41, 5.74) is 2.65. The van der Waals surface area contributed by atoms with Gasteiger partial charge in [0.1, 0.15) is 11.6 Å². The third kappa shape index (κ3) is 3.30. The number of fused-ring (bicyclic) bond motifs is 1. The van der Waals surface area contributed by atoms with Crippen LogP contribution in [-0.2, 0) is 6.42 Å². The molecule has 0 aliphatic rings. The lowest BCUT2D eigenvalue weighted by Crippen LogP contribution is -2.02. The number of hydrogen-bond donors (Lipinski definition) is 3. The van der Waals surface area contributed by atoms with Crippen LogP contribution in [0.5, 0.6) is 0 Å². The van der Waals surface area contributed by atoms with Crippen LogP contribution in [0.25, 0.3) is 10.9 Å². The summed E-state index contributed by atoms with van der Waals surface area (Å²) in [6.45, 7) is 0. The van der Waals surface area contributed by atoms with E-state index in [1.54, 1.807) is 6.20 Å². The first-order chi connectivity index (χ1) is 12.8. The average molecular weight is 341 g/mol. The molecule has 0 saturated carbocycles. The predicted molar refractivity (Wildman–Crippen MR) is 100 cm³/mol. The molecule has 0 saturated heterocycles. The summed E-state index contributed by atoms with van der Waals surface area (Å²) < 4.78 is 0. The molecule has 3 N–H and O–H groups in total. The zero-order valence-electron chi connectivity index (χ0n) is 13.8. The lowest BCUT2D eigenvalue weighted by Gasteiger charge is -2.11. The fourth-order valence-electron chi connectivity index (χ4n) is 2.61. The Bertz CT molecular complexity index is 1060. The molecule has 4 rings (SSSR count). The summed E-state index contributed by atoms with van der Waals surface area (Å²) in [7, 11) is 0. The van der Waals surface area contributed by atoms with E-state index in [-0.39, 0.29) is 0 Å². The number of hydrogen-bond acceptors (Lipinski definition) is 6. The summed E-state index contributed by atoms with van der Waals surface area (Å²) in [6.07, 6.45) is 2.07. The first kappa shape index (κ1) is 15.6. The molecule has 0 unspecified atom stereocenters. The van der Waals surface area contributed by atoms with E-state index in [9.17, 15) is 0 Å². The van der Waals surface area contributed by atoms with Gasteiger partial charge in [0.15, 0.2) is 0 Å².